The maximum absolute atomic E-state index is 12.6. The Labute approximate surface area is 156 Å². The number of carbonyl (C=O) groups is 1. The third kappa shape index (κ3) is 4.03. The molecule has 128 valence electrons. The van der Waals surface area contributed by atoms with E-state index >= 15 is 0 Å². The number of rotatable bonds is 5. The highest BCUT2D eigenvalue weighted by atomic mass is 35.5. The molecular weight excluding hydrogens is 357 g/mol. The maximum atomic E-state index is 12.6. The van der Waals surface area contributed by atoms with Crippen LogP contribution < -0.4 is 5.32 Å². The lowest BCUT2D eigenvalue weighted by Gasteiger charge is -2.04. The molecule has 1 aromatic heterocycles. The van der Waals surface area contributed by atoms with Crippen molar-refractivity contribution in [3.05, 3.63) is 75.9 Å². The van der Waals surface area contributed by atoms with Crippen LogP contribution in [0.4, 0.5) is 0 Å². The Kier molecular flexibility index (Phi) is 5.41. The quantitative estimate of drug-likeness (QED) is 0.714. The molecule has 4 nitrogen and oxygen atoms in total. The fourth-order valence-electron chi connectivity index (χ4n) is 2.54. The second-order valence-electron chi connectivity index (χ2n) is 5.73. The van der Waals surface area contributed by atoms with E-state index in [1.807, 2.05) is 59.3 Å². The molecule has 0 saturated heterocycles. The maximum Gasteiger partial charge on any atom is 0.272 e. The molecule has 0 bridgehead atoms. The fraction of sp³-hybridized carbons (Fsp3) is 0.158. The van der Waals surface area contributed by atoms with Gasteiger partial charge in [0.15, 0.2) is 5.69 Å². The summed E-state index contributed by atoms with van der Waals surface area (Å²) in [5.74, 6) is -0.253. The summed E-state index contributed by atoms with van der Waals surface area (Å²) >= 11 is 11.4. The molecule has 1 amide bonds. The van der Waals surface area contributed by atoms with Crippen molar-refractivity contribution < 1.29 is 4.79 Å². The molecule has 0 atom stereocenters. The second-order valence-corrected chi connectivity index (χ2v) is 6.68. The molecule has 25 heavy (non-hydrogen) atoms. The largest absolute Gasteiger partial charge is 0.347 e. The summed E-state index contributed by atoms with van der Waals surface area (Å²) in [6.45, 7) is 2.64. The Morgan fingerprint density at radius 2 is 1.76 bits per heavy atom. The van der Waals surface area contributed by atoms with Crippen molar-refractivity contribution in [3.8, 4) is 0 Å². The highest BCUT2D eigenvalue weighted by molar-refractivity contribution is 6.56. The van der Waals surface area contributed by atoms with Crippen molar-refractivity contribution in [2.45, 2.75) is 13.5 Å². The van der Waals surface area contributed by atoms with Crippen LogP contribution in [0.2, 0.25) is 0 Å². The first-order chi connectivity index (χ1) is 12.1. The normalized spacial score (nSPS) is 10.7. The number of carbonyl (C=O) groups excluding carboxylic acids is 1. The number of para-hydroxylation sites is 1. The average molecular weight is 374 g/mol. The van der Waals surface area contributed by atoms with Crippen molar-refractivity contribution in [1.82, 2.24) is 15.1 Å². The fourth-order valence-corrected chi connectivity index (χ4v) is 2.67. The van der Waals surface area contributed by atoms with Gasteiger partial charge in [-0.25, -0.2) is 0 Å². The molecule has 0 radical (unpaired) electrons. The Morgan fingerprint density at radius 3 is 2.48 bits per heavy atom. The molecule has 0 saturated carbocycles. The summed E-state index contributed by atoms with van der Waals surface area (Å²) in [6.07, 6.45) is 0. The van der Waals surface area contributed by atoms with E-state index in [1.54, 1.807) is 6.92 Å². The van der Waals surface area contributed by atoms with Crippen LogP contribution in [0.25, 0.3) is 10.9 Å². The SMILES string of the molecule is CC(CNC(=O)c1nn(Cc2ccccc2)c2ccccc12)=C(Cl)Cl. The van der Waals surface area contributed by atoms with Crippen LogP contribution in [0.3, 0.4) is 0 Å². The van der Waals surface area contributed by atoms with Gasteiger partial charge < -0.3 is 5.32 Å². The van der Waals surface area contributed by atoms with Gasteiger partial charge in [0.25, 0.3) is 5.91 Å². The Bertz CT molecular complexity index is 928. The zero-order chi connectivity index (χ0) is 17.8. The van der Waals surface area contributed by atoms with Crippen LogP contribution >= 0.6 is 23.2 Å². The van der Waals surface area contributed by atoms with Crippen LogP contribution in [-0.4, -0.2) is 22.2 Å². The molecule has 0 spiro atoms. The smallest absolute Gasteiger partial charge is 0.272 e. The number of halogens is 2. The van der Waals surface area contributed by atoms with Gasteiger partial charge in [-0.05, 0) is 24.1 Å². The molecule has 0 aliphatic rings. The van der Waals surface area contributed by atoms with Gasteiger partial charge in [-0.3, -0.25) is 9.48 Å². The minimum absolute atomic E-state index is 0.166. The molecule has 0 fully saturated rings. The third-order valence-electron chi connectivity index (χ3n) is 3.88. The summed E-state index contributed by atoms with van der Waals surface area (Å²) in [5.41, 5.74) is 3.13. The molecule has 1 N–H and O–H groups in total. The van der Waals surface area contributed by atoms with E-state index in [9.17, 15) is 4.79 Å². The zero-order valence-corrected chi connectivity index (χ0v) is 15.2. The van der Waals surface area contributed by atoms with Crippen molar-refractivity contribution in [1.29, 1.82) is 0 Å². The van der Waals surface area contributed by atoms with E-state index in [-0.39, 0.29) is 16.9 Å². The minimum atomic E-state index is -0.253. The first-order valence-corrected chi connectivity index (χ1v) is 8.60. The van der Waals surface area contributed by atoms with Gasteiger partial charge in [0.1, 0.15) is 4.49 Å². The Hall–Kier alpha value is -2.30. The molecule has 2 aromatic carbocycles. The van der Waals surface area contributed by atoms with Gasteiger partial charge in [0, 0.05) is 11.9 Å². The van der Waals surface area contributed by atoms with Gasteiger partial charge in [0.2, 0.25) is 0 Å². The lowest BCUT2D eigenvalue weighted by atomic mass is 10.2. The lowest BCUT2D eigenvalue weighted by molar-refractivity contribution is 0.0953. The number of hydrogen-bond acceptors (Lipinski definition) is 2. The molecule has 6 heteroatoms. The van der Waals surface area contributed by atoms with Crippen LogP contribution in [-0.2, 0) is 6.54 Å². The second kappa shape index (κ2) is 7.72. The van der Waals surface area contributed by atoms with Gasteiger partial charge in [-0.2, -0.15) is 5.10 Å². The summed E-state index contributed by atoms with van der Waals surface area (Å²) < 4.78 is 2.01. The van der Waals surface area contributed by atoms with Gasteiger partial charge >= 0.3 is 0 Å². The first kappa shape index (κ1) is 17.5. The van der Waals surface area contributed by atoms with Crippen molar-refractivity contribution in [2.75, 3.05) is 6.54 Å². The molecule has 3 rings (SSSR count). The van der Waals surface area contributed by atoms with Crippen LogP contribution in [0.1, 0.15) is 23.0 Å². The molecule has 0 unspecified atom stereocenters. The van der Waals surface area contributed by atoms with E-state index in [0.717, 1.165) is 16.5 Å². The number of hydrogen-bond donors (Lipinski definition) is 1. The monoisotopic (exact) mass is 373 g/mol. The number of nitrogens with one attached hydrogen (secondary N) is 1. The summed E-state index contributed by atoms with van der Waals surface area (Å²) in [6, 6.07) is 17.7. The van der Waals surface area contributed by atoms with E-state index in [1.165, 1.54) is 0 Å². The van der Waals surface area contributed by atoms with Gasteiger partial charge in [-0.1, -0.05) is 71.7 Å². The Morgan fingerprint density at radius 1 is 1.08 bits per heavy atom. The predicted molar refractivity (Wildman–Crippen MR) is 102 cm³/mol. The lowest BCUT2D eigenvalue weighted by Crippen LogP contribution is -2.26. The van der Waals surface area contributed by atoms with Crippen LogP contribution in [0.15, 0.2) is 64.7 Å². The predicted octanol–water partition coefficient (Wildman–Crippen LogP) is 4.52. The van der Waals surface area contributed by atoms with Crippen LogP contribution in [0, 0.1) is 0 Å². The standard InChI is InChI=1S/C19H17Cl2N3O/c1-13(18(20)21)11-22-19(25)17-15-9-5-6-10-16(15)24(23-17)12-14-7-3-2-4-8-14/h2-10H,11-12H2,1H3,(H,22,25). The van der Waals surface area contributed by atoms with Crippen molar-refractivity contribution >= 4 is 40.0 Å². The Balaban J connectivity index is 1.91. The summed E-state index contributed by atoms with van der Waals surface area (Å²) in [5, 5.41) is 8.15. The topological polar surface area (TPSA) is 46.9 Å². The number of benzene rings is 2. The van der Waals surface area contributed by atoms with Crippen LogP contribution in [0.5, 0.6) is 0 Å². The van der Waals surface area contributed by atoms with E-state index in [2.05, 4.69) is 10.4 Å². The summed E-state index contributed by atoms with van der Waals surface area (Å²) in [4.78, 5) is 12.6. The number of aromatic nitrogens is 2. The highest BCUT2D eigenvalue weighted by Crippen LogP contribution is 2.20. The zero-order valence-electron chi connectivity index (χ0n) is 13.7. The van der Waals surface area contributed by atoms with E-state index < -0.39 is 0 Å². The molecule has 0 aliphatic carbocycles. The molecule has 3 aromatic rings. The number of amides is 1. The van der Waals surface area contributed by atoms with Gasteiger partial charge in [0.05, 0.1) is 12.1 Å². The van der Waals surface area contributed by atoms with E-state index in [0.29, 0.717) is 17.8 Å². The number of fused-ring (bicyclic) bond motifs is 1. The minimum Gasteiger partial charge on any atom is -0.347 e. The first-order valence-electron chi connectivity index (χ1n) is 7.84. The third-order valence-corrected chi connectivity index (χ3v) is 4.53. The molecule has 0 aliphatic heterocycles. The van der Waals surface area contributed by atoms with E-state index in [4.69, 9.17) is 23.2 Å². The number of nitrogens with zero attached hydrogens (tertiary/aromatic N) is 2. The van der Waals surface area contributed by atoms with Gasteiger partial charge in [-0.15, -0.1) is 0 Å². The summed E-state index contributed by atoms with van der Waals surface area (Å²) in [7, 11) is 0. The average Bonchev–Trinajstić information content (AvgIpc) is 2.99. The van der Waals surface area contributed by atoms with Crippen molar-refractivity contribution in [2.24, 2.45) is 0 Å². The highest BCUT2D eigenvalue weighted by Gasteiger charge is 2.17. The van der Waals surface area contributed by atoms with Crippen molar-refractivity contribution in [3.63, 3.8) is 0 Å². The molecule has 1 heterocycles. The molecular formula is C19H17Cl2N3O.